The van der Waals surface area contributed by atoms with Crippen LogP contribution in [0.2, 0.25) is 0 Å². The van der Waals surface area contributed by atoms with E-state index in [-0.39, 0.29) is 12.1 Å². The Morgan fingerprint density at radius 2 is 1.81 bits per heavy atom. The van der Waals surface area contributed by atoms with Gasteiger partial charge in [-0.25, -0.2) is 4.79 Å². The number of hydrogen-bond donors (Lipinski definition) is 1. The van der Waals surface area contributed by atoms with Crippen molar-refractivity contribution in [3.05, 3.63) is 23.8 Å². The van der Waals surface area contributed by atoms with E-state index in [2.05, 4.69) is 11.4 Å². The van der Waals surface area contributed by atoms with E-state index in [0.29, 0.717) is 12.6 Å². The number of amides is 2. The number of nitrogens with one attached hydrogen (secondary N) is 1. The van der Waals surface area contributed by atoms with Gasteiger partial charge in [0.05, 0.1) is 19.3 Å². The monoisotopic (exact) mass is 356 g/mol. The largest absolute Gasteiger partial charge is 0.493 e. The van der Waals surface area contributed by atoms with Crippen LogP contribution in [0.5, 0.6) is 11.5 Å². The molecule has 5 nitrogen and oxygen atoms in total. The lowest BCUT2D eigenvalue weighted by atomic mass is 9.82. The predicted octanol–water partition coefficient (Wildman–Crippen LogP) is 3.59. The van der Waals surface area contributed by atoms with E-state index >= 15 is 0 Å². The molecule has 1 heterocycles. The van der Waals surface area contributed by atoms with Crippen LogP contribution in [0.1, 0.15) is 43.7 Å². The first-order valence-corrected chi connectivity index (χ1v) is 9.99. The van der Waals surface area contributed by atoms with Crippen molar-refractivity contribution in [3.8, 4) is 11.5 Å². The van der Waals surface area contributed by atoms with Crippen LogP contribution >= 0.6 is 0 Å². The highest BCUT2D eigenvalue weighted by molar-refractivity contribution is 5.77. The molecule has 3 saturated carbocycles. The Hall–Kier alpha value is -1.91. The Kier molecular flexibility index (Phi) is 3.80. The second-order valence-electron chi connectivity index (χ2n) is 8.60. The Morgan fingerprint density at radius 1 is 1.08 bits per heavy atom. The van der Waals surface area contributed by atoms with Gasteiger partial charge in [-0.2, -0.15) is 0 Å². The lowest BCUT2D eigenvalue weighted by Crippen LogP contribution is -2.25. The zero-order valence-electron chi connectivity index (χ0n) is 15.6. The van der Waals surface area contributed by atoms with Crippen molar-refractivity contribution in [2.24, 2.45) is 23.7 Å². The predicted molar refractivity (Wildman–Crippen MR) is 98.4 cm³/mol. The maximum absolute atomic E-state index is 11.8. The number of nitrogens with zero attached hydrogens (tertiary/aromatic N) is 1. The van der Waals surface area contributed by atoms with Gasteiger partial charge in [-0.15, -0.1) is 0 Å². The number of hydrogen-bond acceptors (Lipinski definition) is 3. The molecular weight excluding hydrogens is 328 g/mol. The van der Waals surface area contributed by atoms with Crippen molar-refractivity contribution in [2.45, 2.75) is 44.2 Å². The Labute approximate surface area is 155 Å². The topological polar surface area (TPSA) is 50.8 Å². The molecule has 0 radical (unpaired) electrons. The van der Waals surface area contributed by atoms with Crippen LogP contribution in [-0.2, 0) is 0 Å². The molecule has 1 saturated heterocycles. The van der Waals surface area contributed by atoms with Crippen LogP contribution in [0.15, 0.2) is 18.2 Å². The highest BCUT2D eigenvalue weighted by atomic mass is 16.5. The molecule has 5 heteroatoms. The van der Waals surface area contributed by atoms with E-state index in [1.807, 2.05) is 19.2 Å². The van der Waals surface area contributed by atoms with Gasteiger partial charge in [-0.3, -0.25) is 0 Å². The zero-order chi connectivity index (χ0) is 17.8. The molecule has 140 valence electrons. The van der Waals surface area contributed by atoms with Crippen molar-refractivity contribution in [3.63, 3.8) is 0 Å². The number of ether oxygens (including phenoxy) is 2. The summed E-state index contributed by atoms with van der Waals surface area (Å²) in [5, 5.41) is 2.90. The van der Waals surface area contributed by atoms with Crippen LogP contribution in [0.25, 0.3) is 0 Å². The van der Waals surface area contributed by atoms with Crippen molar-refractivity contribution >= 4 is 6.03 Å². The molecule has 5 rings (SSSR count). The minimum absolute atomic E-state index is 0.0209. The average molecular weight is 356 g/mol. The highest BCUT2D eigenvalue weighted by Crippen LogP contribution is 2.59. The second-order valence-corrected chi connectivity index (χ2v) is 8.60. The highest BCUT2D eigenvalue weighted by Gasteiger charge is 2.52. The minimum atomic E-state index is -0.0209. The molecule has 0 aromatic heterocycles. The number of carbonyl (C=O) groups excluding carboxylic acids is 1. The van der Waals surface area contributed by atoms with E-state index in [9.17, 15) is 4.79 Å². The van der Waals surface area contributed by atoms with Crippen LogP contribution in [0, 0.1) is 23.7 Å². The Bertz CT molecular complexity index is 703. The maximum Gasteiger partial charge on any atom is 0.317 e. The lowest BCUT2D eigenvalue weighted by Gasteiger charge is -2.23. The van der Waals surface area contributed by atoms with Crippen LogP contribution in [-0.4, -0.2) is 37.7 Å². The number of rotatable bonds is 4. The molecule has 1 aromatic carbocycles. The minimum Gasteiger partial charge on any atom is -0.493 e. The first-order chi connectivity index (χ1) is 12.6. The summed E-state index contributed by atoms with van der Waals surface area (Å²) in [5.41, 5.74) is 1.10. The van der Waals surface area contributed by atoms with Crippen molar-refractivity contribution in [2.75, 3.05) is 20.7 Å². The van der Waals surface area contributed by atoms with Crippen LogP contribution in [0.4, 0.5) is 4.79 Å². The number of likely N-dealkylation sites (N-methyl/N-ethyl adjacent to an activating group) is 1. The standard InChI is InChI=1S/C21H28N2O3/c1-23-18(11-22-21(23)24)14-5-6-19(25-2)20(8-14)26-15-9-16-12-3-4-13(7-12)17(16)10-15/h5-6,8,12-13,15-18H,3-4,7,9-11H2,1-2H3,(H,22,24). The third-order valence-corrected chi connectivity index (χ3v) is 7.45. The van der Waals surface area contributed by atoms with E-state index in [4.69, 9.17) is 9.47 Å². The maximum atomic E-state index is 11.8. The zero-order valence-corrected chi connectivity index (χ0v) is 15.6. The molecule has 26 heavy (non-hydrogen) atoms. The SMILES string of the molecule is COc1ccc(C2CNC(=O)N2C)cc1OC1CC2C3CCC(C3)C2C1. The van der Waals surface area contributed by atoms with Crippen molar-refractivity contribution in [1.29, 1.82) is 0 Å². The molecule has 1 aliphatic heterocycles. The van der Waals surface area contributed by atoms with E-state index < -0.39 is 0 Å². The van der Waals surface area contributed by atoms with Crippen LogP contribution < -0.4 is 14.8 Å². The van der Waals surface area contributed by atoms with Gasteiger partial charge < -0.3 is 19.7 Å². The Morgan fingerprint density at radius 3 is 2.42 bits per heavy atom. The molecule has 4 aliphatic rings. The van der Waals surface area contributed by atoms with E-state index in [1.54, 1.807) is 12.0 Å². The quantitative estimate of drug-likeness (QED) is 0.897. The van der Waals surface area contributed by atoms with Gasteiger partial charge in [0, 0.05) is 13.6 Å². The molecule has 3 aliphatic carbocycles. The van der Waals surface area contributed by atoms with Gasteiger partial charge in [-0.05, 0) is 73.5 Å². The smallest absolute Gasteiger partial charge is 0.317 e. The van der Waals surface area contributed by atoms with Gasteiger partial charge >= 0.3 is 6.03 Å². The summed E-state index contributed by atoms with van der Waals surface area (Å²) in [6, 6.07) is 6.11. The molecule has 1 N–H and O–H groups in total. The number of fused-ring (bicyclic) bond motifs is 5. The number of methoxy groups -OCH3 is 1. The summed E-state index contributed by atoms with van der Waals surface area (Å²) in [7, 11) is 3.53. The van der Waals surface area contributed by atoms with Gasteiger partial charge in [0.15, 0.2) is 11.5 Å². The summed E-state index contributed by atoms with van der Waals surface area (Å²) in [6.45, 7) is 0.637. The average Bonchev–Trinajstić information content (AvgIpc) is 3.39. The molecule has 2 bridgehead atoms. The third kappa shape index (κ3) is 2.47. The van der Waals surface area contributed by atoms with Gasteiger partial charge in [-0.1, -0.05) is 6.07 Å². The number of urea groups is 1. The van der Waals surface area contributed by atoms with Gasteiger partial charge in [0.1, 0.15) is 0 Å². The normalized spacial score (nSPS) is 37.8. The number of carbonyl (C=O) groups is 1. The van der Waals surface area contributed by atoms with E-state index in [1.165, 1.54) is 32.1 Å². The molecule has 0 spiro atoms. The lowest BCUT2D eigenvalue weighted by molar-refractivity contribution is 0.184. The molecule has 2 amide bonds. The molecule has 5 unspecified atom stereocenters. The fourth-order valence-electron chi connectivity index (χ4n) is 6.16. The van der Waals surface area contributed by atoms with E-state index in [0.717, 1.165) is 40.7 Å². The Balaban J connectivity index is 1.35. The van der Waals surface area contributed by atoms with Gasteiger partial charge in [0.25, 0.3) is 0 Å². The molecular formula is C21H28N2O3. The second kappa shape index (κ2) is 6.07. The molecule has 5 atom stereocenters. The number of benzene rings is 1. The third-order valence-electron chi connectivity index (χ3n) is 7.45. The fourth-order valence-corrected chi connectivity index (χ4v) is 6.16. The molecule has 4 fully saturated rings. The first kappa shape index (κ1) is 16.3. The van der Waals surface area contributed by atoms with Crippen molar-refractivity contribution < 1.29 is 14.3 Å². The van der Waals surface area contributed by atoms with Gasteiger partial charge in [0.2, 0.25) is 0 Å². The summed E-state index contributed by atoms with van der Waals surface area (Å²) >= 11 is 0. The summed E-state index contributed by atoms with van der Waals surface area (Å²) < 4.78 is 12.0. The fraction of sp³-hybridized carbons (Fsp3) is 0.667. The summed E-state index contributed by atoms with van der Waals surface area (Å²) in [5.74, 6) is 5.29. The summed E-state index contributed by atoms with van der Waals surface area (Å²) in [4.78, 5) is 13.5. The van der Waals surface area contributed by atoms with Crippen LogP contribution in [0.3, 0.4) is 0 Å². The summed E-state index contributed by atoms with van der Waals surface area (Å²) in [6.07, 6.45) is 7.04. The molecule has 1 aromatic rings. The first-order valence-electron chi connectivity index (χ1n) is 9.99. The van der Waals surface area contributed by atoms with Crippen molar-refractivity contribution in [1.82, 2.24) is 10.2 Å².